The lowest BCUT2D eigenvalue weighted by atomic mass is 9.64. The van der Waals surface area contributed by atoms with E-state index in [1.807, 2.05) is 0 Å². The Morgan fingerprint density at radius 3 is 1.42 bits per heavy atom. The summed E-state index contributed by atoms with van der Waals surface area (Å²) >= 11 is 0. The third-order valence-corrected chi connectivity index (χ3v) is 9.43. The van der Waals surface area contributed by atoms with E-state index in [0.717, 1.165) is 35.7 Å². The number of halogens is 2. The summed E-state index contributed by atoms with van der Waals surface area (Å²) in [5, 5.41) is 0. The maximum absolute atomic E-state index is 12.4. The first-order valence-electron chi connectivity index (χ1n) is 13.4. The second kappa shape index (κ2) is 11.6. The van der Waals surface area contributed by atoms with Crippen molar-refractivity contribution in [2.45, 2.75) is 103 Å². The minimum absolute atomic E-state index is 0.381. The molecule has 4 heteroatoms. The Hall–Kier alpha value is -0.480. The van der Waals surface area contributed by atoms with Crippen LogP contribution in [-0.4, -0.2) is 19.5 Å². The maximum Gasteiger partial charge on any atom is 0.271 e. The third-order valence-electron chi connectivity index (χ3n) is 9.43. The van der Waals surface area contributed by atoms with Crippen molar-refractivity contribution in [3.05, 3.63) is 12.2 Å². The molecule has 1 heterocycles. The summed E-state index contributed by atoms with van der Waals surface area (Å²) in [6, 6.07) is 0. The van der Waals surface area contributed by atoms with E-state index in [9.17, 15) is 8.78 Å². The topological polar surface area (TPSA) is 18.5 Å². The van der Waals surface area contributed by atoms with Crippen molar-refractivity contribution in [2.75, 3.05) is 13.2 Å². The van der Waals surface area contributed by atoms with Gasteiger partial charge in [0.2, 0.25) is 0 Å². The van der Waals surface area contributed by atoms with E-state index in [1.165, 1.54) is 89.9 Å². The molecule has 0 bridgehead atoms. The zero-order valence-corrected chi connectivity index (χ0v) is 19.6. The molecule has 0 spiro atoms. The van der Waals surface area contributed by atoms with Crippen LogP contribution in [0.1, 0.15) is 96.8 Å². The van der Waals surface area contributed by atoms with E-state index in [2.05, 4.69) is 6.92 Å². The molecule has 0 N–H and O–H groups in total. The van der Waals surface area contributed by atoms with E-state index < -0.39 is 12.4 Å². The van der Waals surface area contributed by atoms with E-state index in [-0.39, 0.29) is 0 Å². The molecule has 0 unspecified atom stereocenters. The number of ether oxygens (including phenoxy) is 2. The molecule has 178 valence electrons. The molecule has 3 aliphatic carbocycles. The fourth-order valence-corrected chi connectivity index (χ4v) is 7.54. The number of hydrogen-bond donors (Lipinski definition) is 0. The Kier molecular flexibility index (Phi) is 8.85. The zero-order chi connectivity index (χ0) is 21.6. The van der Waals surface area contributed by atoms with Gasteiger partial charge in [-0.25, -0.2) is 0 Å². The van der Waals surface area contributed by atoms with Crippen LogP contribution >= 0.6 is 0 Å². The minimum atomic E-state index is -1.72. The van der Waals surface area contributed by atoms with Crippen LogP contribution in [0.4, 0.5) is 8.78 Å². The molecule has 4 aliphatic rings. The monoisotopic (exact) mass is 438 g/mol. The average Bonchev–Trinajstić information content (AvgIpc) is 2.80. The third kappa shape index (κ3) is 6.53. The van der Waals surface area contributed by atoms with E-state index in [1.54, 1.807) is 0 Å². The van der Waals surface area contributed by atoms with Crippen molar-refractivity contribution in [1.29, 1.82) is 0 Å². The Bertz CT molecular complexity index is 544. The summed E-state index contributed by atoms with van der Waals surface area (Å²) in [4.78, 5) is 0. The van der Waals surface area contributed by atoms with Crippen LogP contribution in [0, 0.1) is 41.4 Å². The second-order valence-corrected chi connectivity index (χ2v) is 11.2. The Morgan fingerprint density at radius 1 is 0.645 bits per heavy atom. The lowest BCUT2D eigenvalue weighted by molar-refractivity contribution is -0.187. The van der Waals surface area contributed by atoms with Gasteiger partial charge >= 0.3 is 0 Å². The van der Waals surface area contributed by atoms with Crippen molar-refractivity contribution in [3.8, 4) is 0 Å². The van der Waals surface area contributed by atoms with Crippen molar-refractivity contribution in [3.63, 3.8) is 0 Å². The van der Waals surface area contributed by atoms with Crippen molar-refractivity contribution in [1.82, 2.24) is 0 Å². The molecule has 1 saturated heterocycles. The van der Waals surface area contributed by atoms with Crippen LogP contribution in [0.25, 0.3) is 0 Å². The molecule has 0 aromatic heterocycles. The first-order chi connectivity index (χ1) is 15.1. The number of rotatable bonds is 6. The Morgan fingerprint density at radius 2 is 1.03 bits per heavy atom. The molecule has 0 amide bonds. The molecule has 0 aromatic carbocycles. The molecule has 1 aliphatic heterocycles. The van der Waals surface area contributed by atoms with Gasteiger partial charge in [-0.2, -0.15) is 8.78 Å². The fourth-order valence-electron chi connectivity index (χ4n) is 7.54. The molecule has 0 atom stereocenters. The molecule has 4 rings (SSSR count). The molecular formula is C27H44F2O2. The fraction of sp³-hybridized carbons (Fsp3) is 0.926. The molecule has 2 nitrogen and oxygen atoms in total. The highest BCUT2D eigenvalue weighted by atomic mass is 19.3. The lowest BCUT2D eigenvalue weighted by Gasteiger charge is -2.42. The molecule has 4 fully saturated rings. The highest BCUT2D eigenvalue weighted by Gasteiger charge is 2.37. The lowest BCUT2D eigenvalue weighted by Crippen LogP contribution is -2.37. The molecule has 0 aromatic rings. The summed E-state index contributed by atoms with van der Waals surface area (Å²) in [6.45, 7) is 3.46. The zero-order valence-electron chi connectivity index (χ0n) is 19.6. The Labute approximate surface area is 188 Å². The first kappa shape index (κ1) is 23.7. The highest BCUT2D eigenvalue weighted by molar-refractivity contribution is 4.89. The quantitative estimate of drug-likeness (QED) is 0.418. The molecule has 0 radical (unpaired) electrons. The smallest absolute Gasteiger partial charge is 0.271 e. The van der Waals surface area contributed by atoms with Crippen molar-refractivity contribution in [2.24, 2.45) is 41.4 Å². The summed E-state index contributed by atoms with van der Waals surface area (Å²) in [5.74, 6) is 5.97. The standard InChI is InChI=1S/C27H44F2O2/c1-2-3-19-4-6-20(7-5-19)21-8-10-22(11-9-21)23-12-14-24(15-13-23)25-17-30-27(31-18-25)16-26(28)29/h16,19-25,27H,2-15,17-18H2,1H3. The van der Waals surface area contributed by atoms with Gasteiger partial charge in [0.25, 0.3) is 6.08 Å². The predicted octanol–water partition coefficient (Wildman–Crippen LogP) is 7.98. The van der Waals surface area contributed by atoms with Gasteiger partial charge in [-0.3, -0.25) is 0 Å². The SMILES string of the molecule is CCCC1CCC(C2CCC(C3CCC(C4COC(C=C(F)F)OC4)CC3)CC2)CC1. The van der Waals surface area contributed by atoms with Crippen LogP contribution in [-0.2, 0) is 9.47 Å². The largest absolute Gasteiger partial charge is 0.348 e. The highest BCUT2D eigenvalue weighted by Crippen LogP contribution is 2.47. The van der Waals surface area contributed by atoms with Crippen LogP contribution < -0.4 is 0 Å². The van der Waals surface area contributed by atoms with E-state index >= 15 is 0 Å². The van der Waals surface area contributed by atoms with Gasteiger partial charge in [0.15, 0.2) is 6.29 Å². The van der Waals surface area contributed by atoms with Crippen LogP contribution in [0.5, 0.6) is 0 Å². The van der Waals surface area contributed by atoms with Crippen molar-refractivity contribution >= 4 is 0 Å². The van der Waals surface area contributed by atoms with Crippen LogP contribution in [0.2, 0.25) is 0 Å². The van der Waals surface area contributed by atoms with Crippen LogP contribution in [0.15, 0.2) is 12.2 Å². The summed E-state index contributed by atoms with van der Waals surface area (Å²) in [6.07, 6.45) is 18.2. The van der Waals surface area contributed by atoms with Gasteiger partial charge in [0, 0.05) is 12.0 Å². The predicted molar refractivity (Wildman–Crippen MR) is 121 cm³/mol. The van der Waals surface area contributed by atoms with Gasteiger partial charge in [-0.05, 0) is 99.7 Å². The molecule has 31 heavy (non-hydrogen) atoms. The maximum atomic E-state index is 12.4. The van der Waals surface area contributed by atoms with Gasteiger partial charge < -0.3 is 9.47 Å². The summed E-state index contributed by atoms with van der Waals surface area (Å²) < 4.78 is 35.7. The van der Waals surface area contributed by atoms with Gasteiger partial charge in [-0.15, -0.1) is 0 Å². The van der Waals surface area contributed by atoms with E-state index in [0.29, 0.717) is 25.0 Å². The second-order valence-electron chi connectivity index (χ2n) is 11.2. The summed E-state index contributed by atoms with van der Waals surface area (Å²) in [7, 11) is 0. The molecule has 3 saturated carbocycles. The normalized spacial score (nSPS) is 42.2. The van der Waals surface area contributed by atoms with Gasteiger partial charge in [-0.1, -0.05) is 32.6 Å². The van der Waals surface area contributed by atoms with Gasteiger partial charge in [0.1, 0.15) is 0 Å². The van der Waals surface area contributed by atoms with Crippen molar-refractivity contribution < 1.29 is 18.3 Å². The number of hydrogen-bond acceptors (Lipinski definition) is 2. The average molecular weight is 439 g/mol. The first-order valence-corrected chi connectivity index (χ1v) is 13.4. The Balaban J connectivity index is 1.14. The molecular weight excluding hydrogens is 394 g/mol. The van der Waals surface area contributed by atoms with E-state index in [4.69, 9.17) is 9.47 Å². The summed E-state index contributed by atoms with van der Waals surface area (Å²) in [5.41, 5.74) is 0. The van der Waals surface area contributed by atoms with Crippen LogP contribution in [0.3, 0.4) is 0 Å². The minimum Gasteiger partial charge on any atom is -0.348 e. The van der Waals surface area contributed by atoms with Gasteiger partial charge in [0.05, 0.1) is 13.2 Å².